The zero-order valence-corrected chi connectivity index (χ0v) is 6.52. The van der Waals surface area contributed by atoms with Gasteiger partial charge in [-0.2, -0.15) is 13.7 Å². The van der Waals surface area contributed by atoms with E-state index in [9.17, 15) is 8.42 Å². The summed E-state index contributed by atoms with van der Waals surface area (Å²) < 4.78 is 25.5. The molecule has 0 aliphatic rings. The Labute approximate surface area is 60.5 Å². The molecule has 0 saturated heterocycles. The van der Waals surface area contributed by atoms with Gasteiger partial charge in [0.1, 0.15) is 0 Å². The van der Waals surface area contributed by atoms with Gasteiger partial charge in [-0.25, -0.2) is 0 Å². The second-order valence-electron chi connectivity index (χ2n) is 1.58. The standard InChI is InChI=1S/C5H9NO3S/c1-2-10(7,8)9-5-3-4-6/h2-3,5H2,1H3. The minimum atomic E-state index is -3.34. The topological polar surface area (TPSA) is 67.2 Å². The molecule has 10 heavy (non-hydrogen) atoms. The zero-order valence-electron chi connectivity index (χ0n) is 5.70. The Kier molecular flexibility index (Phi) is 4.00. The fraction of sp³-hybridized carbons (Fsp3) is 0.800. The predicted molar refractivity (Wildman–Crippen MR) is 35.6 cm³/mol. The van der Waals surface area contributed by atoms with Crippen molar-refractivity contribution in [3.8, 4) is 6.07 Å². The van der Waals surface area contributed by atoms with Gasteiger partial charge in [-0.05, 0) is 6.92 Å². The van der Waals surface area contributed by atoms with Crippen LogP contribution in [-0.2, 0) is 14.3 Å². The number of hydrogen-bond donors (Lipinski definition) is 0. The Morgan fingerprint density at radius 1 is 1.60 bits per heavy atom. The molecular formula is C5H9NO3S. The summed E-state index contributed by atoms with van der Waals surface area (Å²) in [5.41, 5.74) is 0. The maximum Gasteiger partial charge on any atom is 0.267 e. The van der Waals surface area contributed by atoms with E-state index in [1.807, 2.05) is 0 Å². The van der Waals surface area contributed by atoms with Crippen molar-refractivity contribution >= 4 is 10.1 Å². The van der Waals surface area contributed by atoms with Crippen molar-refractivity contribution in [2.45, 2.75) is 13.3 Å². The third kappa shape index (κ3) is 4.30. The molecule has 0 aromatic heterocycles. The molecule has 0 amide bonds. The highest BCUT2D eigenvalue weighted by molar-refractivity contribution is 7.86. The SMILES string of the molecule is CCS(=O)(=O)OCCC#N. The van der Waals surface area contributed by atoms with Gasteiger partial charge in [0.05, 0.1) is 24.8 Å². The van der Waals surface area contributed by atoms with Gasteiger partial charge >= 0.3 is 0 Å². The lowest BCUT2D eigenvalue weighted by atomic mass is 10.5. The van der Waals surface area contributed by atoms with E-state index in [4.69, 9.17) is 5.26 Å². The molecule has 0 bridgehead atoms. The van der Waals surface area contributed by atoms with Crippen LogP contribution in [0.25, 0.3) is 0 Å². The summed E-state index contributed by atoms with van der Waals surface area (Å²) in [6, 6.07) is 1.77. The highest BCUT2D eigenvalue weighted by Crippen LogP contribution is 1.92. The molecule has 0 N–H and O–H groups in total. The summed E-state index contributed by atoms with van der Waals surface area (Å²) in [7, 11) is -3.34. The summed E-state index contributed by atoms with van der Waals surface area (Å²) in [5, 5.41) is 8.01. The summed E-state index contributed by atoms with van der Waals surface area (Å²) in [6.07, 6.45) is 0.110. The van der Waals surface area contributed by atoms with Gasteiger partial charge in [0, 0.05) is 0 Å². The number of nitriles is 1. The van der Waals surface area contributed by atoms with Gasteiger partial charge in [-0.1, -0.05) is 0 Å². The first-order valence-corrected chi connectivity index (χ1v) is 4.44. The maximum atomic E-state index is 10.5. The largest absolute Gasteiger partial charge is 0.269 e. The highest BCUT2D eigenvalue weighted by Gasteiger charge is 2.05. The molecular weight excluding hydrogens is 154 g/mol. The lowest BCUT2D eigenvalue weighted by molar-refractivity contribution is 0.327. The van der Waals surface area contributed by atoms with E-state index < -0.39 is 10.1 Å². The molecule has 0 atom stereocenters. The molecule has 0 spiro atoms. The first kappa shape index (κ1) is 9.40. The smallest absolute Gasteiger partial charge is 0.267 e. The van der Waals surface area contributed by atoms with Crippen LogP contribution in [0.4, 0.5) is 0 Å². The fourth-order valence-corrected chi connectivity index (χ4v) is 0.802. The molecule has 4 nitrogen and oxygen atoms in total. The minimum Gasteiger partial charge on any atom is -0.269 e. The van der Waals surface area contributed by atoms with Crippen LogP contribution in [0.5, 0.6) is 0 Å². The van der Waals surface area contributed by atoms with Crippen molar-refractivity contribution in [1.29, 1.82) is 5.26 Å². The van der Waals surface area contributed by atoms with Crippen LogP contribution >= 0.6 is 0 Å². The molecule has 0 radical (unpaired) electrons. The van der Waals surface area contributed by atoms with E-state index in [1.54, 1.807) is 6.07 Å². The molecule has 0 heterocycles. The normalized spacial score (nSPS) is 10.8. The number of nitrogens with zero attached hydrogens (tertiary/aromatic N) is 1. The Balaban J connectivity index is 3.61. The Bertz CT molecular complexity index is 214. The highest BCUT2D eigenvalue weighted by atomic mass is 32.2. The van der Waals surface area contributed by atoms with Crippen LogP contribution < -0.4 is 0 Å². The molecule has 0 fully saturated rings. The summed E-state index contributed by atoms with van der Waals surface area (Å²) in [6.45, 7) is 1.45. The second-order valence-corrected chi connectivity index (χ2v) is 3.50. The molecule has 58 valence electrons. The van der Waals surface area contributed by atoms with Crippen LogP contribution in [0.3, 0.4) is 0 Å². The third-order valence-corrected chi connectivity index (χ3v) is 2.06. The van der Waals surface area contributed by atoms with Crippen LogP contribution in [-0.4, -0.2) is 20.8 Å². The summed E-state index contributed by atoms with van der Waals surface area (Å²) >= 11 is 0. The number of hydrogen-bond acceptors (Lipinski definition) is 4. The van der Waals surface area contributed by atoms with Gasteiger partial charge in [0.15, 0.2) is 0 Å². The van der Waals surface area contributed by atoms with E-state index in [0.29, 0.717) is 0 Å². The van der Waals surface area contributed by atoms with Gasteiger partial charge < -0.3 is 0 Å². The van der Waals surface area contributed by atoms with Crippen LogP contribution in [0.15, 0.2) is 0 Å². The molecule has 0 aromatic carbocycles. The van der Waals surface area contributed by atoms with Crippen molar-refractivity contribution < 1.29 is 12.6 Å². The zero-order chi connectivity index (χ0) is 8.04. The molecule has 0 aliphatic heterocycles. The first-order chi connectivity index (χ1) is 4.62. The van der Waals surface area contributed by atoms with E-state index in [2.05, 4.69) is 4.18 Å². The van der Waals surface area contributed by atoms with E-state index >= 15 is 0 Å². The van der Waals surface area contributed by atoms with E-state index in [0.717, 1.165) is 0 Å². The molecule has 0 rings (SSSR count). The van der Waals surface area contributed by atoms with Crippen molar-refractivity contribution in [3.05, 3.63) is 0 Å². The minimum absolute atomic E-state index is 0.0350. The van der Waals surface area contributed by atoms with Gasteiger partial charge in [0.2, 0.25) is 0 Å². The molecule has 5 heteroatoms. The van der Waals surface area contributed by atoms with Gasteiger partial charge in [0.25, 0.3) is 10.1 Å². The average molecular weight is 163 g/mol. The Hall–Kier alpha value is -0.600. The summed E-state index contributed by atoms with van der Waals surface area (Å²) in [4.78, 5) is 0. The average Bonchev–Trinajstić information content (AvgIpc) is 1.89. The second kappa shape index (κ2) is 4.25. The Morgan fingerprint density at radius 3 is 2.60 bits per heavy atom. The van der Waals surface area contributed by atoms with Crippen molar-refractivity contribution in [3.63, 3.8) is 0 Å². The molecule has 0 aromatic rings. The lowest BCUT2D eigenvalue weighted by Crippen LogP contribution is -2.08. The number of rotatable bonds is 4. The first-order valence-electron chi connectivity index (χ1n) is 2.86. The van der Waals surface area contributed by atoms with Gasteiger partial charge in [-0.15, -0.1) is 0 Å². The van der Waals surface area contributed by atoms with Crippen LogP contribution in [0.2, 0.25) is 0 Å². The fourth-order valence-electron chi connectivity index (χ4n) is 0.298. The summed E-state index contributed by atoms with van der Waals surface area (Å²) in [5.74, 6) is -0.0432. The Morgan fingerprint density at radius 2 is 2.20 bits per heavy atom. The predicted octanol–water partition coefficient (Wildman–Crippen LogP) is 0.266. The van der Waals surface area contributed by atoms with E-state index in [1.165, 1.54) is 6.92 Å². The van der Waals surface area contributed by atoms with Crippen molar-refractivity contribution in [2.75, 3.05) is 12.4 Å². The van der Waals surface area contributed by atoms with Crippen LogP contribution in [0.1, 0.15) is 13.3 Å². The van der Waals surface area contributed by atoms with Crippen molar-refractivity contribution in [1.82, 2.24) is 0 Å². The van der Waals surface area contributed by atoms with Gasteiger partial charge in [-0.3, -0.25) is 4.18 Å². The lowest BCUT2D eigenvalue weighted by Gasteiger charge is -1.97. The monoisotopic (exact) mass is 163 g/mol. The maximum absolute atomic E-state index is 10.5. The molecule has 0 unspecified atom stereocenters. The quantitative estimate of drug-likeness (QED) is 0.440. The van der Waals surface area contributed by atoms with Crippen LogP contribution in [0, 0.1) is 11.3 Å². The molecule has 0 saturated carbocycles. The molecule has 0 aliphatic carbocycles. The third-order valence-electron chi connectivity index (χ3n) is 0.830. The van der Waals surface area contributed by atoms with E-state index in [-0.39, 0.29) is 18.8 Å². The van der Waals surface area contributed by atoms with Crippen molar-refractivity contribution in [2.24, 2.45) is 0 Å².